The average molecular weight is 751 g/mol. The van der Waals surface area contributed by atoms with E-state index < -0.39 is 74.4 Å². The van der Waals surface area contributed by atoms with Gasteiger partial charge in [0.1, 0.15) is 41.0 Å². The maximum Gasteiger partial charge on any atom is 0.287 e. The lowest BCUT2D eigenvalue weighted by Gasteiger charge is -2.29. The number of hydrogen-bond acceptors (Lipinski definition) is 10. The molecule has 3 fully saturated rings. The van der Waals surface area contributed by atoms with Crippen molar-refractivity contribution in [2.24, 2.45) is 5.92 Å². The summed E-state index contributed by atoms with van der Waals surface area (Å²) in [5.41, 5.74) is -0.271. The predicted molar refractivity (Wildman–Crippen MR) is 189 cm³/mol. The number of furan rings is 1. The molecule has 1 saturated heterocycles. The number of aryl methyl sites for hydroxylation is 2. The standard InChI is InChI=1S/C37H43FN6O8S/c1-3-26-34(41-29-17-23(38)12-15-27(29)39-26)52-24-18-30-32(45)42-37(36(48)43-53(49,50)25-13-14-25)19-22(37)9-7-5-4-6-8-10-28(35(47)44(30)20-24)40-33(46)31-16-11-21(2)51-31/h7,9,11-12,15-17,22,24-25,28,30H,3-6,8,10,13-14,18-20H2,1-2H3,(H,40,46)(H,42,45)(H,43,48)/b9-7-/t22?,24-,28+,30+,37-/m1/s1. The summed E-state index contributed by atoms with van der Waals surface area (Å²) in [4.78, 5) is 66.2. The lowest BCUT2D eigenvalue weighted by Crippen LogP contribution is -2.58. The highest BCUT2D eigenvalue weighted by atomic mass is 32.2. The molecule has 53 heavy (non-hydrogen) atoms. The Morgan fingerprint density at radius 1 is 1.09 bits per heavy atom. The van der Waals surface area contributed by atoms with Gasteiger partial charge in [-0.2, -0.15) is 0 Å². The van der Waals surface area contributed by atoms with E-state index in [2.05, 4.69) is 25.3 Å². The lowest BCUT2D eigenvalue weighted by molar-refractivity contribution is -0.141. The van der Waals surface area contributed by atoms with Gasteiger partial charge >= 0.3 is 0 Å². The van der Waals surface area contributed by atoms with Crippen LogP contribution in [0.2, 0.25) is 0 Å². The van der Waals surface area contributed by atoms with Crippen LogP contribution in [-0.2, 0) is 30.8 Å². The topological polar surface area (TPSA) is 190 Å². The number of rotatable bonds is 8. The zero-order valence-electron chi connectivity index (χ0n) is 29.6. The van der Waals surface area contributed by atoms with E-state index in [-0.39, 0.29) is 36.5 Å². The Labute approximate surface area is 306 Å². The van der Waals surface area contributed by atoms with Gasteiger partial charge in [-0.1, -0.05) is 31.9 Å². The maximum absolute atomic E-state index is 14.5. The number of aromatic nitrogens is 2. The summed E-state index contributed by atoms with van der Waals surface area (Å²) in [6, 6.07) is 5.04. The van der Waals surface area contributed by atoms with Gasteiger partial charge in [0.15, 0.2) is 5.76 Å². The van der Waals surface area contributed by atoms with Crippen LogP contribution in [-0.4, -0.2) is 82.4 Å². The Morgan fingerprint density at radius 3 is 2.64 bits per heavy atom. The molecule has 3 N–H and O–H groups in total. The van der Waals surface area contributed by atoms with Crippen LogP contribution >= 0.6 is 0 Å². The Bertz CT molecular complexity index is 2080. The fourth-order valence-corrected chi connectivity index (χ4v) is 8.53. The third-order valence-electron chi connectivity index (χ3n) is 10.4. The van der Waals surface area contributed by atoms with Crippen molar-refractivity contribution < 1.29 is 41.1 Å². The summed E-state index contributed by atoms with van der Waals surface area (Å²) >= 11 is 0. The van der Waals surface area contributed by atoms with Crippen molar-refractivity contribution in [1.82, 2.24) is 30.2 Å². The number of carbonyl (C=O) groups excluding carboxylic acids is 4. The molecule has 0 spiro atoms. The zero-order chi connectivity index (χ0) is 37.5. The minimum atomic E-state index is -3.91. The number of sulfonamides is 1. The predicted octanol–water partition coefficient (Wildman–Crippen LogP) is 3.38. The lowest BCUT2D eigenvalue weighted by atomic mass is 10.0. The number of hydrogen-bond donors (Lipinski definition) is 3. The summed E-state index contributed by atoms with van der Waals surface area (Å²) < 4.78 is 53.8. The van der Waals surface area contributed by atoms with Gasteiger partial charge < -0.3 is 24.7 Å². The highest BCUT2D eigenvalue weighted by Crippen LogP contribution is 2.46. The number of halogens is 1. The van der Waals surface area contributed by atoms with Crippen molar-refractivity contribution >= 4 is 44.7 Å². The molecule has 7 rings (SSSR count). The molecule has 4 aliphatic rings. The number of benzene rings is 1. The molecular formula is C37H43FN6O8S. The van der Waals surface area contributed by atoms with Crippen LogP contribution in [0.1, 0.15) is 86.7 Å². The maximum atomic E-state index is 14.5. The van der Waals surface area contributed by atoms with E-state index in [4.69, 9.17) is 9.15 Å². The second-order valence-corrected chi connectivity index (χ2v) is 16.4. The molecular weight excluding hydrogens is 708 g/mol. The van der Waals surface area contributed by atoms with Gasteiger partial charge in [0.2, 0.25) is 27.7 Å². The smallest absolute Gasteiger partial charge is 0.287 e. The Hall–Kier alpha value is -4.86. The van der Waals surface area contributed by atoms with Crippen LogP contribution in [0.5, 0.6) is 5.88 Å². The van der Waals surface area contributed by atoms with Crippen molar-refractivity contribution in [1.29, 1.82) is 0 Å². The quantitative estimate of drug-likeness (QED) is 0.288. The van der Waals surface area contributed by atoms with E-state index in [9.17, 15) is 32.0 Å². The zero-order valence-corrected chi connectivity index (χ0v) is 30.4. The summed E-state index contributed by atoms with van der Waals surface area (Å²) in [6.07, 6.45) is 7.60. The Kier molecular flexibility index (Phi) is 10.00. The molecule has 1 aromatic carbocycles. The van der Waals surface area contributed by atoms with Crippen molar-refractivity contribution in [3.05, 3.63) is 65.5 Å². The molecule has 2 aromatic heterocycles. The first-order valence-corrected chi connectivity index (χ1v) is 19.8. The molecule has 16 heteroatoms. The monoisotopic (exact) mass is 750 g/mol. The fraction of sp³-hybridized carbons (Fsp3) is 0.514. The molecule has 2 aliphatic carbocycles. The number of nitrogens with zero attached hydrogens (tertiary/aromatic N) is 3. The molecule has 0 bridgehead atoms. The second kappa shape index (κ2) is 14.5. The number of allylic oxidation sites excluding steroid dienone is 1. The minimum absolute atomic E-state index is 0.0137. The molecule has 2 saturated carbocycles. The SMILES string of the molecule is CCc1nc2ccc(F)cc2nc1O[C@@H]1C[C@H]2C(=O)N[C@]3(C(=O)NS(=O)(=O)C4CC4)CC3/C=C\CCCCC[C@H](NC(=O)c3ccc(C)o3)C(=O)N2C1. The summed E-state index contributed by atoms with van der Waals surface area (Å²) in [5, 5.41) is 5.01. The van der Waals surface area contributed by atoms with Gasteiger partial charge in [-0.15, -0.1) is 0 Å². The molecule has 5 atom stereocenters. The van der Waals surface area contributed by atoms with Crippen molar-refractivity contribution in [2.45, 2.75) is 107 Å². The van der Waals surface area contributed by atoms with Gasteiger partial charge in [0.05, 0.1) is 22.8 Å². The van der Waals surface area contributed by atoms with Crippen molar-refractivity contribution in [2.75, 3.05) is 6.54 Å². The number of fused-ring (bicyclic) bond motifs is 3. The molecule has 3 aromatic rings. The molecule has 4 amide bonds. The Balaban J connectivity index is 1.20. The normalized spacial score (nSPS) is 27.1. The van der Waals surface area contributed by atoms with E-state index in [0.717, 1.165) is 12.8 Å². The Morgan fingerprint density at radius 2 is 1.91 bits per heavy atom. The van der Waals surface area contributed by atoms with E-state index in [1.165, 1.54) is 29.2 Å². The summed E-state index contributed by atoms with van der Waals surface area (Å²) in [7, 11) is -3.91. The van der Waals surface area contributed by atoms with Crippen LogP contribution in [0.3, 0.4) is 0 Å². The molecule has 2 aliphatic heterocycles. The van der Waals surface area contributed by atoms with Gasteiger partial charge in [-0.05, 0) is 76.1 Å². The summed E-state index contributed by atoms with van der Waals surface area (Å²) in [6.45, 7) is 3.49. The van der Waals surface area contributed by atoms with E-state index in [1.54, 1.807) is 13.0 Å². The number of amides is 4. The van der Waals surface area contributed by atoms with Gasteiger partial charge in [0.25, 0.3) is 11.8 Å². The van der Waals surface area contributed by atoms with Crippen molar-refractivity contribution in [3.8, 4) is 5.88 Å². The molecule has 0 radical (unpaired) electrons. The van der Waals surface area contributed by atoms with Gasteiger partial charge in [-0.25, -0.2) is 22.8 Å². The van der Waals surface area contributed by atoms with Crippen LogP contribution in [0.4, 0.5) is 4.39 Å². The average Bonchev–Trinajstić information content (AvgIpc) is 4.01. The van der Waals surface area contributed by atoms with Gasteiger partial charge in [0, 0.05) is 18.4 Å². The first kappa shape index (κ1) is 36.5. The number of ether oxygens (including phenoxy) is 1. The van der Waals surface area contributed by atoms with Crippen LogP contribution in [0.15, 0.2) is 46.9 Å². The molecule has 282 valence electrons. The molecule has 1 unspecified atom stereocenters. The largest absolute Gasteiger partial charge is 0.471 e. The van der Waals surface area contributed by atoms with E-state index >= 15 is 0 Å². The second-order valence-electron chi connectivity index (χ2n) is 14.4. The minimum Gasteiger partial charge on any atom is -0.471 e. The number of nitrogens with one attached hydrogen (secondary N) is 3. The van der Waals surface area contributed by atoms with Crippen LogP contribution in [0.25, 0.3) is 11.0 Å². The first-order valence-electron chi connectivity index (χ1n) is 18.2. The third kappa shape index (κ3) is 7.78. The van der Waals surface area contributed by atoms with Crippen LogP contribution in [0, 0.1) is 18.7 Å². The first-order chi connectivity index (χ1) is 25.4. The third-order valence-corrected chi connectivity index (χ3v) is 12.2. The molecule has 14 nitrogen and oxygen atoms in total. The number of carbonyl (C=O) groups is 4. The highest BCUT2D eigenvalue weighted by molar-refractivity contribution is 7.91. The van der Waals surface area contributed by atoms with Crippen molar-refractivity contribution in [3.63, 3.8) is 0 Å². The fourth-order valence-electron chi connectivity index (χ4n) is 7.16. The molecule has 4 heterocycles. The highest BCUT2D eigenvalue weighted by Gasteiger charge is 2.62. The van der Waals surface area contributed by atoms with E-state index in [1.807, 2.05) is 19.1 Å². The van der Waals surface area contributed by atoms with E-state index in [0.29, 0.717) is 55.5 Å². The summed E-state index contributed by atoms with van der Waals surface area (Å²) in [5.74, 6) is -2.82. The van der Waals surface area contributed by atoms with Crippen LogP contribution < -0.4 is 20.1 Å². The van der Waals surface area contributed by atoms with Gasteiger partial charge in [-0.3, -0.25) is 23.9 Å².